The van der Waals surface area contributed by atoms with E-state index in [1.54, 1.807) is 13.0 Å². The van der Waals surface area contributed by atoms with Crippen LogP contribution in [0, 0.1) is 6.92 Å². The average Bonchev–Trinajstić information content (AvgIpc) is 2.87. The van der Waals surface area contributed by atoms with Gasteiger partial charge in [-0.15, -0.1) is 0 Å². The number of furan rings is 1. The van der Waals surface area contributed by atoms with Gasteiger partial charge in [-0.3, -0.25) is 4.79 Å². The minimum atomic E-state index is -4.51. The van der Waals surface area contributed by atoms with Gasteiger partial charge < -0.3 is 15.5 Å². The molecule has 0 bridgehead atoms. The Morgan fingerprint density at radius 3 is 2.48 bits per heavy atom. The molecule has 0 unspecified atom stereocenters. The van der Waals surface area contributed by atoms with E-state index in [2.05, 4.69) is 5.32 Å². The van der Waals surface area contributed by atoms with Gasteiger partial charge in [0.2, 0.25) is 0 Å². The van der Waals surface area contributed by atoms with Crippen molar-refractivity contribution in [2.45, 2.75) is 33.0 Å². The third-order valence-electron chi connectivity index (χ3n) is 3.38. The third-order valence-corrected chi connectivity index (χ3v) is 3.38. The van der Waals surface area contributed by atoms with Crippen LogP contribution in [0.25, 0.3) is 0 Å². The molecule has 1 amide bonds. The maximum atomic E-state index is 12.9. The smallest absolute Gasteiger partial charge is 0.416 e. The predicted molar refractivity (Wildman–Crippen MR) is 80.1 cm³/mol. The van der Waals surface area contributed by atoms with Gasteiger partial charge in [0.05, 0.1) is 5.56 Å². The fourth-order valence-corrected chi connectivity index (χ4v) is 2.22. The molecule has 3 N–H and O–H groups in total. The van der Waals surface area contributed by atoms with Crippen molar-refractivity contribution in [1.82, 2.24) is 0 Å². The second kappa shape index (κ2) is 6.45. The first-order valence-corrected chi connectivity index (χ1v) is 7.06. The lowest BCUT2D eigenvalue weighted by Crippen LogP contribution is -2.14. The molecule has 0 saturated heterocycles. The molecule has 0 radical (unpaired) electrons. The number of carbonyl (C=O) groups excluding carboxylic acids is 1. The molecule has 2 rings (SSSR count). The summed E-state index contributed by atoms with van der Waals surface area (Å²) in [6, 6.07) is 4.80. The molecular formula is C16H17F3N2O2. The molecule has 124 valence electrons. The molecular weight excluding hydrogens is 309 g/mol. The molecule has 4 nitrogen and oxygen atoms in total. The van der Waals surface area contributed by atoms with Crippen molar-refractivity contribution in [1.29, 1.82) is 0 Å². The summed E-state index contributed by atoms with van der Waals surface area (Å²) in [5.74, 6) is 0.128. The molecule has 0 atom stereocenters. The third kappa shape index (κ3) is 3.92. The number of nitrogens with two attached hydrogens (primary N) is 1. The maximum absolute atomic E-state index is 12.9. The van der Waals surface area contributed by atoms with Crippen LogP contribution in [-0.2, 0) is 19.1 Å². The molecule has 0 spiro atoms. The largest absolute Gasteiger partial charge is 0.456 e. The van der Waals surface area contributed by atoms with E-state index < -0.39 is 17.6 Å². The average molecular weight is 326 g/mol. The number of aryl methyl sites for hydroxylation is 2. The van der Waals surface area contributed by atoms with Gasteiger partial charge in [0, 0.05) is 18.7 Å². The van der Waals surface area contributed by atoms with E-state index in [1.807, 2.05) is 6.92 Å². The first kappa shape index (κ1) is 17.1. The molecule has 7 heteroatoms. The molecule has 1 aromatic carbocycles. The first-order valence-electron chi connectivity index (χ1n) is 7.06. The molecule has 0 aliphatic carbocycles. The molecule has 0 saturated carbocycles. The highest BCUT2D eigenvalue weighted by atomic mass is 19.4. The van der Waals surface area contributed by atoms with Gasteiger partial charge in [-0.1, -0.05) is 6.92 Å². The summed E-state index contributed by atoms with van der Waals surface area (Å²) in [6.45, 7) is 3.62. The summed E-state index contributed by atoms with van der Waals surface area (Å²) in [5.41, 5.74) is 5.68. The van der Waals surface area contributed by atoms with Gasteiger partial charge in [-0.2, -0.15) is 13.2 Å². The number of amides is 1. The summed E-state index contributed by atoms with van der Waals surface area (Å²) in [6.07, 6.45) is -3.89. The number of benzene rings is 1. The van der Waals surface area contributed by atoms with E-state index in [9.17, 15) is 18.0 Å². The Hall–Kier alpha value is -2.28. The highest BCUT2D eigenvalue weighted by Crippen LogP contribution is 2.32. The fourth-order valence-electron chi connectivity index (χ4n) is 2.22. The van der Waals surface area contributed by atoms with Crippen LogP contribution < -0.4 is 11.1 Å². The molecule has 0 aliphatic rings. The number of carbonyl (C=O) groups is 1. The van der Waals surface area contributed by atoms with Crippen molar-refractivity contribution in [2.24, 2.45) is 5.73 Å². The summed E-state index contributed by atoms with van der Waals surface area (Å²) in [5, 5.41) is 2.42. The van der Waals surface area contributed by atoms with Crippen LogP contribution in [0.1, 0.15) is 39.9 Å². The summed E-state index contributed by atoms with van der Waals surface area (Å²) >= 11 is 0. The van der Waals surface area contributed by atoms with E-state index in [0.29, 0.717) is 12.2 Å². The number of hydrogen-bond donors (Lipinski definition) is 2. The second-order valence-electron chi connectivity index (χ2n) is 5.15. The molecule has 1 heterocycles. The molecule has 0 aliphatic heterocycles. The van der Waals surface area contributed by atoms with Crippen LogP contribution in [0.5, 0.6) is 0 Å². The van der Waals surface area contributed by atoms with E-state index in [4.69, 9.17) is 10.2 Å². The standard InChI is InChI=1S/C16H17F3N2O2/c1-3-13-9(2)4-14(23-13)15(22)21-12-6-10(8-20)5-11(7-12)16(17,18)19/h4-7H,3,8,20H2,1-2H3,(H,21,22). The Morgan fingerprint density at radius 1 is 1.26 bits per heavy atom. The minimum absolute atomic E-state index is 0.0253. The van der Waals surface area contributed by atoms with Gasteiger partial charge in [0.25, 0.3) is 5.91 Å². The van der Waals surface area contributed by atoms with Crippen molar-refractivity contribution in [2.75, 3.05) is 5.32 Å². The van der Waals surface area contributed by atoms with E-state index in [1.165, 1.54) is 6.07 Å². The monoisotopic (exact) mass is 326 g/mol. The zero-order valence-corrected chi connectivity index (χ0v) is 12.8. The van der Waals surface area contributed by atoms with Crippen LogP contribution in [0.4, 0.5) is 18.9 Å². The Labute approximate surface area is 131 Å². The quantitative estimate of drug-likeness (QED) is 0.896. The van der Waals surface area contributed by atoms with Crippen molar-refractivity contribution in [3.63, 3.8) is 0 Å². The maximum Gasteiger partial charge on any atom is 0.416 e. The van der Waals surface area contributed by atoms with E-state index in [-0.39, 0.29) is 23.6 Å². The van der Waals surface area contributed by atoms with Crippen molar-refractivity contribution in [3.8, 4) is 0 Å². The Bertz CT molecular complexity index is 721. The van der Waals surface area contributed by atoms with Crippen molar-refractivity contribution < 1.29 is 22.4 Å². The Balaban J connectivity index is 2.29. The van der Waals surface area contributed by atoms with Crippen LogP contribution in [0.2, 0.25) is 0 Å². The first-order chi connectivity index (χ1) is 10.7. The Kier molecular flexibility index (Phi) is 4.79. The van der Waals surface area contributed by atoms with E-state index >= 15 is 0 Å². The number of hydrogen-bond acceptors (Lipinski definition) is 3. The topological polar surface area (TPSA) is 68.3 Å². The SMILES string of the molecule is CCc1oc(C(=O)Nc2cc(CN)cc(C(F)(F)F)c2)cc1C. The molecule has 2 aromatic rings. The highest BCUT2D eigenvalue weighted by Gasteiger charge is 2.31. The minimum Gasteiger partial charge on any atom is -0.456 e. The van der Waals surface area contributed by atoms with E-state index in [0.717, 1.165) is 17.7 Å². The summed E-state index contributed by atoms with van der Waals surface area (Å²) in [7, 11) is 0. The highest BCUT2D eigenvalue weighted by molar-refractivity contribution is 6.02. The number of alkyl halides is 3. The van der Waals surface area contributed by atoms with Crippen LogP contribution in [0.15, 0.2) is 28.7 Å². The lowest BCUT2D eigenvalue weighted by atomic mass is 10.1. The van der Waals surface area contributed by atoms with Crippen LogP contribution in [0.3, 0.4) is 0 Å². The normalized spacial score (nSPS) is 11.6. The zero-order valence-electron chi connectivity index (χ0n) is 12.8. The summed E-state index contributed by atoms with van der Waals surface area (Å²) < 4.78 is 44.0. The summed E-state index contributed by atoms with van der Waals surface area (Å²) in [4.78, 5) is 12.1. The molecule has 23 heavy (non-hydrogen) atoms. The van der Waals surface area contributed by atoms with Gasteiger partial charge in [0.1, 0.15) is 5.76 Å². The molecule has 1 aromatic heterocycles. The zero-order chi connectivity index (χ0) is 17.2. The number of nitrogens with one attached hydrogen (secondary N) is 1. The van der Waals surface area contributed by atoms with Gasteiger partial charge in [-0.25, -0.2) is 0 Å². The van der Waals surface area contributed by atoms with Crippen molar-refractivity contribution in [3.05, 3.63) is 52.5 Å². The van der Waals surface area contributed by atoms with Crippen LogP contribution >= 0.6 is 0 Å². The number of rotatable bonds is 4. The van der Waals surface area contributed by atoms with Crippen LogP contribution in [-0.4, -0.2) is 5.91 Å². The Morgan fingerprint density at radius 2 is 1.96 bits per heavy atom. The lowest BCUT2D eigenvalue weighted by Gasteiger charge is -2.12. The predicted octanol–water partition coefficient (Wildman–Crippen LogP) is 3.88. The fraction of sp³-hybridized carbons (Fsp3) is 0.312. The number of halogens is 3. The lowest BCUT2D eigenvalue weighted by molar-refractivity contribution is -0.137. The second-order valence-corrected chi connectivity index (χ2v) is 5.15. The number of anilines is 1. The van der Waals surface area contributed by atoms with Gasteiger partial charge in [0.15, 0.2) is 5.76 Å². The van der Waals surface area contributed by atoms with Gasteiger partial charge >= 0.3 is 6.18 Å². The van der Waals surface area contributed by atoms with Gasteiger partial charge in [-0.05, 0) is 42.3 Å². The molecule has 0 fully saturated rings. The van der Waals surface area contributed by atoms with Crippen molar-refractivity contribution >= 4 is 11.6 Å².